The number of aryl methyl sites for hydroxylation is 1. The normalized spacial score (nSPS) is 11.8. The average molecular weight is 614 g/mol. The number of hydrogen-bond acceptors (Lipinski definition) is 5. The molecule has 0 aliphatic heterocycles. The second-order valence-corrected chi connectivity index (χ2v) is 12.3. The fourth-order valence-corrected chi connectivity index (χ4v) is 6.15. The van der Waals surface area contributed by atoms with Gasteiger partial charge in [0.25, 0.3) is 10.0 Å². The van der Waals surface area contributed by atoms with E-state index >= 15 is 0 Å². The molecule has 0 heterocycles. The van der Waals surface area contributed by atoms with Gasteiger partial charge in [-0.1, -0.05) is 80.1 Å². The Bertz CT molecular complexity index is 1610. The van der Waals surface area contributed by atoms with Gasteiger partial charge in [-0.3, -0.25) is 13.9 Å². The quantitative estimate of drug-likeness (QED) is 0.180. The molecular weight excluding hydrogens is 574 g/mol. The highest BCUT2D eigenvalue weighted by Gasteiger charge is 2.33. The summed E-state index contributed by atoms with van der Waals surface area (Å²) in [5, 5.41) is 2.90. The van der Waals surface area contributed by atoms with Gasteiger partial charge in [0.1, 0.15) is 24.1 Å². The van der Waals surface area contributed by atoms with Crippen molar-refractivity contribution in [3.63, 3.8) is 0 Å². The molecule has 1 N–H and O–H groups in total. The van der Waals surface area contributed by atoms with Gasteiger partial charge >= 0.3 is 0 Å². The first-order chi connectivity index (χ1) is 21.2. The van der Waals surface area contributed by atoms with Gasteiger partial charge in [0.2, 0.25) is 11.8 Å². The lowest BCUT2D eigenvalue weighted by atomic mass is 10.1. The SMILES string of the molecule is CCCNC(=O)[C@H](CC)N(Cc1ccccc1)C(=O)CN(c1ccc(Oc2ccccc2)cc1)S(=O)(=O)c1ccc(C)cc1. The first-order valence-corrected chi connectivity index (χ1v) is 16.2. The molecule has 0 aliphatic carbocycles. The smallest absolute Gasteiger partial charge is 0.264 e. The Morgan fingerprint density at radius 1 is 0.795 bits per heavy atom. The van der Waals surface area contributed by atoms with E-state index in [1.807, 2.05) is 81.4 Å². The third-order valence-corrected chi connectivity index (χ3v) is 8.91. The van der Waals surface area contributed by atoms with Crippen LogP contribution < -0.4 is 14.4 Å². The highest BCUT2D eigenvalue weighted by Crippen LogP contribution is 2.29. The summed E-state index contributed by atoms with van der Waals surface area (Å²) in [5.74, 6) is 0.396. The van der Waals surface area contributed by atoms with E-state index < -0.39 is 28.5 Å². The van der Waals surface area contributed by atoms with Crippen molar-refractivity contribution in [1.29, 1.82) is 0 Å². The molecule has 4 aromatic rings. The van der Waals surface area contributed by atoms with Crippen LogP contribution in [0, 0.1) is 6.92 Å². The van der Waals surface area contributed by atoms with Gasteiger partial charge in [0, 0.05) is 13.1 Å². The molecule has 0 aliphatic rings. The van der Waals surface area contributed by atoms with Gasteiger partial charge in [-0.2, -0.15) is 0 Å². The largest absolute Gasteiger partial charge is 0.457 e. The van der Waals surface area contributed by atoms with Crippen LogP contribution in [0.3, 0.4) is 0 Å². The highest BCUT2D eigenvalue weighted by molar-refractivity contribution is 7.92. The van der Waals surface area contributed by atoms with Gasteiger partial charge in [-0.15, -0.1) is 0 Å². The number of carbonyl (C=O) groups excluding carboxylic acids is 2. The summed E-state index contributed by atoms with van der Waals surface area (Å²) in [6, 6.07) is 30.9. The number of hydrogen-bond donors (Lipinski definition) is 1. The first-order valence-electron chi connectivity index (χ1n) is 14.8. The monoisotopic (exact) mass is 613 g/mol. The van der Waals surface area contributed by atoms with Gasteiger partial charge in [-0.05, 0) is 73.9 Å². The van der Waals surface area contributed by atoms with Gasteiger partial charge in [0.05, 0.1) is 10.6 Å². The topological polar surface area (TPSA) is 96.0 Å². The number of ether oxygens (including phenoxy) is 1. The zero-order valence-corrected chi connectivity index (χ0v) is 26.2. The van der Waals surface area contributed by atoms with Crippen molar-refractivity contribution in [3.8, 4) is 11.5 Å². The van der Waals surface area contributed by atoms with E-state index in [1.165, 1.54) is 17.0 Å². The van der Waals surface area contributed by atoms with E-state index in [0.717, 1.165) is 21.9 Å². The van der Waals surface area contributed by atoms with Crippen LogP contribution in [0.15, 0.2) is 114 Å². The van der Waals surface area contributed by atoms with Crippen molar-refractivity contribution in [2.75, 3.05) is 17.4 Å². The molecule has 0 saturated carbocycles. The van der Waals surface area contributed by atoms with Crippen molar-refractivity contribution in [2.45, 2.75) is 51.1 Å². The van der Waals surface area contributed by atoms with Gasteiger partial charge in [-0.25, -0.2) is 8.42 Å². The third-order valence-electron chi connectivity index (χ3n) is 7.12. The Hall–Kier alpha value is -4.63. The zero-order valence-electron chi connectivity index (χ0n) is 25.3. The van der Waals surface area contributed by atoms with E-state index in [0.29, 0.717) is 30.2 Å². The Kier molecular flexibility index (Phi) is 11.2. The number of carbonyl (C=O) groups is 2. The molecule has 0 fully saturated rings. The number of amides is 2. The minimum Gasteiger partial charge on any atom is -0.457 e. The molecule has 8 nitrogen and oxygen atoms in total. The number of sulfonamides is 1. The second kappa shape index (κ2) is 15.2. The molecule has 4 aromatic carbocycles. The number of nitrogens with one attached hydrogen (secondary N) is 1. The number of benzene rings is 4. The summed E-state index contributed by atoms with van der Waals surface area (Å²) in [6.45, 7) is 5.80. The third kappa shape index (κ3) is 8.26. The van der Waals surface area contributed by atoms with Crippen molar-refractivity contribution >= 4 is 27.5 Å². The highest BCUT2D eigenvalue weighted by atomic mass is 32.2. The maximum Gasteiger partial charge on any atom is 0.264 e. The van der Waals surface area contributed by atoms with Gasteiger partial charge in [0.15, 0.2) is 0 Å². The maximum atomic E-state index is 14.2. The molecule has 4 rings (SSSR count). The number of para-hydroxylation sites is 1. The summed E-state index contributed by atoms with van der Waals surface area (Å²) in [6.07, 6.45) is 1.12. The number of rotatable bonds is 14. The van der Waals surface area contributed by atoms with Crippen LogP contribution in [0.5, 0.6) is 11.5 Å². The molecule has 44 heavy (non-hydrogen) atoms. The molecule has 0 saturated heterocycles. The van der Waals surface area contributed by atoms with Crippen LogP contribution in [0.2, 0.25) is 0 Å². The summed E-state index contributed by atoms with van der Waals surface area (Å²) in [7, 11) is -4.17. The van der Waals surface area contributed by atoms with E-state index in [9.17, 15) is 18.0 Å². The summed E-state index contributed by atoms with van der Waals surface area (Å²) >= 11 is 0. The van der Waals surface area contributed by atoms with Crippen molar-refractivity contribution in [1.82, 2.24) is 10.2 Å². The standard InChI is InChI=1S/C35H39N3O5S/c1-4-24-36-35(40)33(5-2)37(25-28-12-8-6-9-13-28)34(39)26-38(44(41,42)32-22-16-27(3)17-23-32)29-18-20-31(21-19-29)43-30-14-10-7-11-15-30/h6-23,33H,4-5,24-26H2,1-3H3,(H,36,40)/t33-/m0/s1. The predicted molar refractivity (Wildman–Crippen MR) is 173 cm³/mol. The molecule has 1 atom stereocenters. The average Bonchev–Trinajstić information content (AvgIpc) is 3.04. The van der Waals surface area contributed by atoms with Crippen LogP contribution in [0.4, 0.5) is 5.69 Å². The zero-order chi connectivity index (χ0) is 31.5. The molecule has 9 heteroatoms. The summed E-state index contributed by atoms with van der Waals surface area (Å²) in [4.78, 5) is 28.9. The minimum atomic E-state index is -4.17. The van der Waals surface area contributed by atoms with Crippen LogP contribution in [-0.2, 0) is 26.2 Å². The minimum absolute atomic E-state index is 0.0582. The number of nitrogens with zero attached hydrogens (tertiary/aromatic N) is 2. The summed E-state index contributed by atoms with van der Waals surface area (Å²) in [5.41, 5.74) is 2.03. The Morgan fingerprint density at radius 3 is 1.98 bits per heavy atom. The predicted octanol–water partition coefficient (Wildman–Crippen LogP) is 6.32. The lowest BCUT2D eigenvalue weighted by molar-refractivity contribution is -0.140. The fourth-order valence-electron chi connectivity index (χ4n) is 4.74. The lowest BCUT2D eigenvalue weighted by Gasteiger charge is -2.33. The van der Waals surface area contributed by atoms with Crippen molar-refractivity contribution in [2.24, 2.45) is 0 Å². The summed E-state index contributed by atoms with van der Waals surface area (Å²) < 4.78 is 35.2. The van der Waals surface area contributed by atoms with Gasteiger partial charge < -0.3 is 15.0 Å². The maximum absolute atomic E-state index is 14.2. The molecule has 230 valence electrons. The van der Waals surface area contributed by atoms with Crippen molar-refractivity contribution < 1.29 is 22.7 Å². The molecule has 2 amide bonds. The van der Waals surface area contributed by atoms with Crippen LogP contribution in [0.1, 0.15) is 37.8 Å². The van der Waals surface area contributed by atoms with Crippen molar-refractivity contribution in [3.05, 3.63) is 120 Å². The molecule has 0 radical (unpaired) electrons. The molecular formula is C35H39N3O5S. The van der Waals surface area contributed by atoms with E-state index in [-0.39, 0.29) is 17.3 Å². The van der Waals surface area contributed by atoms with E-state index in [4.69, 9.17) is 4.74 Å². The Balaban J connectivity index is 1.71. The second-order valence-electron chi connectivity index (χ2n) is 10.5. The number of anilines is 1. The molecule has 0 aromatic heterocycles. The van der Waals surface area contributed by atoms with Crippen LogP contribution in [-0.4, -0.2) is 44.3 Å². The molecule has 0 spiro atoms. The van der Waals surface area contributed by atoms with E-state index in [1.54, 1.807) is 36.4 Å². The van der Waals surface area contributed by atoms with Crippen LogP contribution >= 0.6 is 0 Å². The van der Waals surface area contributed by atoms with E-state index in [2.05, 4.69) is 5.32 Å². The Morgan fingerprint density at radius 2 is 1.39 bits per heavy atom. The molecule has 0 bridgehead atoms. The fraction of sp³-hybridized carbons (Fsp3) is 0.257. The van der Waals surface area contributed by atoms with Crippen LogP contribution in [0.25, 0.3) is 0 Å². The first kappa shape index (κ1) is 32.3. The lowest BCUT2D eigenvalue weighted by Crippen LogP contribution is -2.52. The molecule has 0 unspecified atom stereocenters. The Labute approximate surface area is 260 Å².